The van der Waals surface area contributed by atoms with Gasteiger partial charge in [0.1, 0.15) is 34.2 Å². The van der Waals surface area contributed by atoms with Crippen LogP contribution in [-0.2, 0) is 19.1 Å². The van der Waals surface area contributed by atoms with Gasteiger partial charge in [-0.1, -0.05) is 18.2 Å². The molecule has 258 valence electrons. The minimum absolute atomic E-state index is 0.110. The monoisotopic (exact) mass is 659 g/mol. The fourth-order valence-electron chi connectivity index (χ4n) is 6.47. The summed E-state index contributed by atoms with van der Waals surface area (Å²) in [4.78, 5) is 39.4. The average Bonchev–Trinajstić information content (AvgIpc) is 3.46. The van der Waals surface area contributed by atoms with Crippen molar-refractivity contribution in [3.05, 3.63) is 60.2 Å². The van der Waals surface area contributed by atoms with E-state index in [0.29, 0.717) is 74.3 Å². The van der Waals surface area contributed by atoms with E-state index in [1.807, 2.05) is 85.0 Å². The minimum Gasteiger partial charge on any atom is -0.460 e. The fraction of sp³-hybridized carbons (Fsp3) is 0.514. The second-order valence-electron chi connectivity index (χ2n) is 13.6. The molecular formula is C37H49N5O6. The van der Waals surface area contributed by atoms with Crippen molar-refractivity contribution in [3.63, 3.8) is 0 Å². The summed E-state index contributed by atoms with van der Waals surface area (Å²) in [6.45, 7) is 8.81. The van der Waals surface area contributed by atoms with Crippen molar-refractivity contribution in [2.24, 2.45) is 11.7 Å². The van der Waals surface area contributed by atoms with E-state index in [1.165, 1.54) is 0 Å². The third kappa shape index (κ3) is 9.37. The molecule has 1 atom stereocenters. The lowest BCUT2D eigenvalue weighted by atomic mass is 9.86. The molecule has 2 aliphatic heterocycles. The van der Waals surface area contributed by atoms with E-state index in [9.17, 15) is 14.4 Å². The zero-order valence-corrected chi connectivity index (χ0v) is 28.4. The van der Waals surface area contributed by atoms with Crippen LogP contribution in [0, 0.1) is 5.92 Å². The van der Waals surface area contributed by atoms with E-state index in [2.05, 4.69) is 5.32 Å². The van der Waals surface area contributed by atoms with Crippen LogP contribution in [0.2, 0.25) is 0 Å². The molecule has 0 spiro atoms. The Balaban J connectivity index is 1.09. The minimum atomic E-state index is -0.518. The van der Waals surface area contributed by atoms with Crippen molar-refractivity contribution in [3.8, 4) is 22.8 Å². The standard InChI is InChI=1S/C37H49N5O6/c1-37(2,3)48-32(44)13-9-25-46-24-8-7-12-31(43)41-22-19-26(20-23-41)30-18-21-39-36-33(35(38)45)34(40-42(30)36)27-14-16-29(17-15-27)47-28-10-5-4-6-11-28/h4-6,10-11,14-17,26,30,39H,7-9,12-13,18-25H2,1-3H3,(H2,38,45)/t30-/m0/s1. The number of anilines is 1. The van der Waals surface area contributed by atoms with Gasteiger partial charge in [-0.3, -0.25) is 14.4 Å². The summed E-state index contributed by atoms with van der Waals surface area (Å²) in [6, 6.07) is 17.2. The summed E-state index contributed by atoms with van der Waals surface area (Å²) >= 11 is 0. The molecule has 0 unspecified atom stereocenters. The van der Waals surface area contributed by atoms with E-state index in [1.54, 1.807) is 0 Å². The van der Waals surface area contributed by atoms with Crippen LogP contribution >= 0.6 is 0 Å². The molecule has 2 aromatic carbocycles. The number of amides is 2. The summed E-state index contributed by atoms with van der Waals surface area (Å²) < 4.78 is 18.9. The van der Waals surface area contributed by atoms with Crippen LogP contribution in [0.4, 0.5) is 5.82 Å². The Morgan fingerprint density at radius 1 is 0.896 bits per heavy atom. The molecule has 0 radical (unpaired) electrons. The Bertz CT molecular complexity index is 1520. The molecule has 1 fully saturated rings. The Morgan fingerprint density at radius 3 is 2.27 bits per heavy atom. The molecule has 0 aliphatic carbocycles. The number of ether oxygens (including phenoxy) is 3. The third-order valence-electron chi connectivity index (χ3n) is 8.77. The number of nitrogens with one attached hydrogen (secondary N) is 1. The smallest absolute Gasteiger partial charge is 0.306 e. The number of hydrogen-bond acceptors (Lipinski definition) is 8. The van der Waals surface area contributed by atoms with Gasteiger partial charge >= 0.3 is 5.97 Å². The first-order valence-corrected chi connectivity index (χ1v) is 17.2. The number of carbonyl (C=O) groups excluding carboxylic acids is 3. The van der Waals surface area contributed by atoms with Crippen LogP contribution in [0.15, 0.2) is 54.6 Å². The maximum Gasteiger partial charge on any atom is 0.306 e. The Morgan fingerprint density at radius 2 is 1.58 bits per heavy atom. The first kappa shape index (κ1) is 34.9. The molecule has 2 aliphatic rings. The van der Waals surface area contributed by atoms with Crippen LogP contribution in [0.3, 0.4) is 0 Å². The summed E-state index contributed by atoms with van der Waals surface area (Å²) in [7, 11) is 0. The molecule has 11 nitrogen and oxygen atoms in total. The molecule has 3 N–H and O–H groups in total. The Hall–Kier alpha value is -4.38. The molecule has 2 amide bonds. The van der Waals surface area contributed by atoms with E-state index < -0.39 is 11.5 Å². The largest absolute Gasteiger partial charge is 0.460 e. The summed E-state index contributed by atoms with van der Waals surface area (Å²) in [6.07, 6.45) is 5.69. The van der Waals surface area contributed by atoms with Gasteiger partial charge in [0.25, 0.3) is 5.91 Å². The molecule has 1 aromatic heterocycles. The number of aromatic nitrogens is 2. The van der Waals surface area contributed by atoms with Gasteiger partial charge in [0.2, 0.25) is 5.91 Å². The topological polar surface area (TPSA) is 138 Å². The highest BCUT2D eigenvalue weighted by atomic mass is 16.6. The maximum absolute atomic E-state index is 13.0. The van der Waals surface area contributed by atoms with Crippen LogP contribution in [0.5, 0.6) is 11.5 Å². The lowest BCUT2D eigenvalue weighted by molar-refractivity contribution is -0.155. The van der Waals surface area contributed by atoms with Gasteiger partial charge in [0.05, 0.1) is 6.04 Å². The molecule has 3 heterocycles. The quantitative estimate of drug-likeness (QED) is 0.151. The van der Waals surface area contributed by atoms with Gasteiger partial charge in [-0.05, 0) is 102 Å². The first-order valence-electron chi connectivity index (χ1n) is 17.2. The third-order valence-corrected chi connectivity index (χ3v) is 8.77. The number of nitrogens with zero attached hydrogens (tertiary/aromatic N) is 3. The molecular weight excluding hydrogens is 610 g/mol. The second-order valence-corrected chi connectivity index (χ2v) is 13.6. The zero-order chi connectivity index (χ0) is 34.1. The molecule has 0 saturated carbocycles. The predicted octanol–water partition coefficient (Wildman–Crippen LogP) is 6.35. The fourth-order valence-corrected chi connectivity index (χ4v) is 6.47. The Labute approximate surface area is 283 Å². The van der Waals surface area contributed by atoms with E-state index in [-0.39, 0.29) is 17.9 Å². The molecule has 3 aromatic rings. The first-order chi connectivity index (χ1) is 23.1. The van der Waals surface area contributed by atoms with Crippen molar-refractivity contribution in [1.82, 2.24) is 14.7 Å². The molecule has 5 rings (SSSR count). The van der Waals surface area contributed by atoms with E-state index in [0.717, 1.165) is 50.0 Å². The summed E-state index contributed by atoms with van der Waals surface area (Å²) in [5.74, 6) is 1.89. The zero-order valence-electron chi connectivity index (χ0n) is 28.4. The second kappa shape index (κ2) is 16.1. The number of piperidine rings is 1. The summed E-state index contributed by atoms with van der Waals surface area (Å²) in [5.41, 5.74) is 7.19. The molecule has 0 bridgehead atoms. The van der Waals surface area contributed by atoms with Crippen molar-refractivity contribution in [2.75, 3.05) is 38.2 Å². The van der Waals surface area contributed by atoms with Gasteiger partial charge in [-0.25, -0.2) is 4.68 Å². The number of fused-ring (bicyclic) bond motifs is 1. The van der Waals surface area contributed by atoms with Crippen molar-refractivity contribution in [1.29, 1.82) is 0 Å². The number of para-hydroxylation sites is 1. The van der Waals surface area contributed by atoms with Crippen LogP contribution in [-0.4, -0.2) is 70.9 Å². The van der Waals surface area contributed by atoms with Crippen LogP contribution in [0.25, 0.3) is 11.3 Å². The number of carbonyl (C=O) groups is 3. The highest BCUT2D eigenvalue weighted by Gasteiger charge is 2.36. The van der Waals surface area contributed by atoms with Gasteiger partial charge in [0.15, 0.2) is 0 Å². The normalized spacial score (nSPS) is 16.6. The highest BCUT2D eigenvalue weighted by Crippen LogP contribution is 2.40. The van der Waals surface area contributed by atoms with Crippen molar-refractivity contribution >= 4 is 23.6 Å². The van der Waals surface area contributed by atoms with Crippen molar-refractivity contribution in [2.45, 2.75) is 83.8 Å². The number of hydrogen-bond donors (Lipinski definition) is 2. The van der Waals surface area contributed by atoms with Crippen LogP contribution in [0.1, 0.15) is 88.5 Å². The number of benzene rings is 2. The van der Waals surface area contributed by atoms with E-state index >= 15 is 0 Å². The van der Waals surface area contributed by atoms with Gasteiger partial charge in [-0.15, -0.1) is 0 Å². The summed E-state index contributed by atoms with van der Waals surface area (Å²) in [5, 5.41) is 8.34. The lowest BCUT2D eigenvalue weighted by Crippen LogP contribution is -2.41. The molecule has 11 heteroatoms. The number of unbranched alkanes of at least 4 members (excludes halogenated alkanes) is 1. The molecule has 48 heavy (non-hydrogen) atoms. The highest BCUT2D eigenvalue weighted by molar-refractivity contribution is 6.03. The van der Waals surface area contributed by atoms with Crippen molar-refractivity contribution < 1.29 is 28.6 Å². The number of esters is 1. The number of likely N-dealkylation sites (tertiary alicyclic amines) is 1. The SMILES string of the molecule is CC(C)(C)OC(=O)CCCOCCCCC(=O)N1CCC([C@@H]2CCNc3c(C(N)=O)c(-c4ccc(Oc5ccccc5)cc4)nn32)CC1. The predicted molar refractivity (Wildman–Crippen MR) is 184 cm³/mol. The van der Waals surface area contributed by atoms with Gasteiger partial charge < -0.3 is 30.2 Å². The van der Waals surface area contributed by atoms with Gasteiger partial charge in [0, 0.05) is 51.3 Å². The number of primary amides is 1. The molecule has 1 saturated heterocycles. The van der Waals surface area contributed by atoms with Gasteiger partial charge in [-0.2, -0.15) is 5.10 Å². The number of nitrogens with two attached hydrogens (primary N) is 1. The van der Waals surface area contributed by atoms with Crippen LogP contribution < -0.4 is 15.8 Å². The lowest BCUT2D eigenvalue weighted by Gasteiger charge is -2.38. The average molecular weight is 660 g/mol. The Kier molecular flexibility index (Phi) is 11.8. The van der Waals surface area contributed by atoms with E-state index in [4.69, 9.17) is 25.0 Å². The maximum atomic E-state index is 13.0. The number of rotatable bonds is 14.